The van der Waals surface area contributed by atoms with E-state index in [0.29, 0.717) is 11.8 Å². The fraction of sp³-hybridized carbons (Fsp3) is 0.520. The average molecular weight is 397 g/mol. The lowest BCUT2D eigenvalue weighted by atomic mass is 9.89. The Hall–Kier alpha value is -2.04. The molecule has 158 valence electrons. The second kappa shape index (κ2) is 11.2. The second-order valence-electron chi connectivity index (χ2n) is 8.09. The summed E-state index contributed by atoms with van der Waals surface area (Å²) in [5, 5.41) is 3.38. The third-order valence-corrected chi connectivity index (χ3v) is 6.22. The van der Waals surface area contributed by atoms with Crippen LogP contribution in [0.25, 0.3) is 0 Å². The van der Waals surface area contributed by atoms with E-state index < -0.39 is 0 Å². The molecule has 0 spiro atoms. The van der Waals surface area contributed by atoms with Gasteiger partial charge in [-0.15, -0.1) is 0 Å². The van der Waals surface area contributed by atoms with Crippen molar-refractivity contribution in [2.45, 2.75) is 37.5 Å². The van der Waals surface area contributed by atoms with Gasteiger partial charge in [-0.3, -0.25) is 0 Å². The van der Waals surface area contributed by atoms with Crippen LogP contribution in [0.5, 0.6) is 11.5 Å². The van der Waals surface area contributed by atoms with E-state index in [-0.39, 0.29) is 0 Å². The molecule has 0 atom stereocenters. The van der Waals surface area contributed by atoms with Gasteiger partial charge in [-0.25, -0.2) is 0 Å². The zero-order chi connectivity index (χ0) is 20.5. The van der Waals surface area contributed by atoms with Gasteiger partial charge in [0.25, 0.3) is 0 Å². The van der Waals surface area contributed by atoms with Crippen molar-refractivity contribution in [2.24, 2.45) is 0 Å². The smallest absolute Gasteiger partial charge is 0.122 e. The third-order valence-electron chi connectivity index (χ3n) is 6.22. The molecule has 2 aromatic carbocycles. The maximum Gasteiger partial charge on any atom is 0.122 e. The van der Waals surface area contributed by atoms with Crippen LogP contribution in [0.1, 0.15) is 48.6 Å². The molecule has 0 amide bonds. The zero-order valence-electron chi connectivity index (χ0n) is 18.2. The monoisotopic (exact) mass is 396 g/mol. The van der Waals surface area contributed by atoms with Gasteiger partial charge >= 0.3 is 0 Å². The molecule has 29 heavy (non-hydrogen) atoms. The molecule has 1 N–H and O–H groups in total. The Morgan fingerprint density at radius 3 is 1.66 bits per heavy atom. The predicted molar refractivity (Wildman–Crippen MR) is 120 cm³/mol. The molecule has 2 aliphatic heterocycles. The van der Waals surface area contributed by atoms with Crippen LogP contribution >= 0.6 is 0 Å². The lowest BCUT2D eigenvalue weighted by Gasteiger charge is -2.29. The first kappa shape index (κ1) is 21.7. The molecule has 0 aromatic heterocycles. The summed E-state index contributed by atoms with van der Waals surface area (Å²) in [6.07, 6.45) is 4.94. The first-order valence-corrected chi connectivity index (χ1v) is 10.9. The number of nitrogens with zero attached hydrogens (tertiary/aromatic N) is 1. The molecule has 4 nitrogen and oxygen atoms in total. The molecule has 2 aliphatic rings. The zero-order valence-corrected chi connectivity index (χ0v) is 18.2. The third kappa shape index (κ3) is 5.97. The Labute approximate surface area is 176 Å². The highest BCUT2D eigenvalue weighted by Gasteiger charge is 2.20. The van der Waals surface area contributed by atoms with Crippen molar-refractivity contribution in [2.75, 3.05) is 47.4 Å². The number of methoxy groups -OCH3 is 2. The minimum Gasteiger partial charge on any atom is -0.496 e. The number of ether oxygens (including phenoxy) is 2. The molecular weight excluding hydrogens is 360 g/mol. The lowest BCUT2D eigenvalue weighted by molar-refractivity contribution is 0.252. The molecule has 0 saturated carbocycles. The normalized spacial score (nSPS) is 18.6. The maximum absolute atomic E-state index is 5.41. The largest absolute Gasteiger partial charge is 0.496 e. The summed E-state index contributed by atoms with van der Waals surface area (Å²) in [5.41, 5.74) is 2.75. The number of hydrogen-bond acceptors (Lipinski definition) is 4. The van der Waals surface area contributed by atoms with Gasteiger partial charge in [-0.05, 0) is 94.0 Å². The van der Waals surface area contributed by atoms with Gasteiger partial charge in [0, 0.05) is 0 Å². The van der Waals surface area contributed by atoms with Crippen LogP contribution in [0.15, 0.2) is 48.5 Å². The number of benzene rings is 2. The highest BCUT2D eigenvalue weighted by Crippen LogP contribution is 2.33. The van der Waals surface area contributed by atoms with Crippen LogP contribution in [-0.2, 0) is 0 Å². The number of rotatable bonds is 4. The Morgan fingerprint density at radius 1 is 0.724 bits per heavy atom. The Kier molecular flexibility index (Phi) is 8.38. The summed E-state index contributed by atoms with van der Waals surface area (Å²) in [7, 11) is 5.70. The molecule has 2 fully saturated rings. The quantitative estimate of drug-likeness (QED) is 0.814. The number of para-hydroxylation sites is 2. The molecule has 0 radical (unpaired) electrons. The van der Waals surface area contributed by atoms with Crippen molar-refractivity contribution in [1.29, 1.82) is 0 Å². The first-order valence-electron chi connectivity index (χ1n) is 10.9. The summed E-state index contributed by atoms with van der Waals surface area (Å²) >= 11 is 0. The van der Waals surface area contributed by atoms with E-state index in [0.717, 1.165) is 24.6 Å². The molecule has 0 bridgehead atoms. The van der Waals surface area contributed by atoms with E-state index in [1.807, 2.05) is 12.1 Å². The summed E-state index contributed by atoms with van der Waals surface area (Å²) in [5.74, 6) is 3.44. The van der Waals surface area contributed by atoms with Gasteiger partial charge in [0.15, 0.2) is 0 Å². The Morgan fingerprint density at radius 2 is 1.17 bits per heavy atom. The van der Waals surface area contributed by atoms with Crippen molar-refractivity contribution < 1.29 is 9.47 Å². The van der Waals surface area contributed by atoms with Gasteiger partial charge in [0.1, 0.15) is 11.5 Å². The van der Waals surface area contributed by atoms with Crippen LogP contribution in [-0.4, -0.2) is 52.3 Å². The van der Waals surface area contributed by atoms with Gasteiger partial charge in [-0.2, -0.15) is 0 Å². The average Bonchev–Trinajstić information content (AvgIpc) is 2.80. The van der Waals surface area contributed by atoms with Gasteiger partial charge in [0.2, 0.25) is 0 Å². The van der Waals surface area contributed by atoms with Gasteiger partial charge < -0.3 is 19.7 Å². The molecule has 2 aromatic rings. The summed E-state index contributed by atoms with van der Waals surface area (Å²) in [6.45, 7) is 4.65. The highest BCUT2D eigenvalue weighted by molar-refractivity contribution is 5.37. The molecule has 4 rings (SSSR count). The van der Waals surface area contributed by atoms with E-state index in [1.165, 1.54) is 49.9 Å². The maximum atomic E-state index is 5.41. The summed E-state index contributed by atoms with van der Waals surface area (Å²) in [4.78, 5) is 2.39. The van der Waals surface area contributed by atoms with Crippen molar-refractivity contribution in [3.05, 3.63) is 59.7 Å². The van der Waals surface area contributed by atoms with E-state index >= 15 is 0 Å². The fourth-order valence-corrected chi connectivity index (χ4v) is 4.46. The van der Waals surface area contributed by atoms with Crippen LogP contribution in [0.4, 0.5) is 0 Å². The van der Waals surface area contributed by atoms with E-state index in [9.17, 15) is 0 Å². The SMILES string of the molecule is COc1ccccc1C1CCN(C)CC1.COc1ccccc1C1CCNCC1. The van der Waals surface area contributed by atoms with Crippen LogP contribution in [0.3, 0.4) is 0 Å². The molecule has 4 heteroatoms. The minimum absolute atomic E-state index is 0.674. The molecule has 0 aliphatic carbocycles. The van der Waals surface area contributed by atoms with Crippen molar-refractivity contribution in [1.82, 2.24) is 10.2 Å². The summed E-state index contributed by atoms with van der Waals surface area (Å²) < 4.78 is 10.8. The van der Waals surface area contributed by atoms with Crippen LogP contribution in [0.2, 0.25) is 0 Å². The van der Waals surface area contributed by atoms with E-state index in [1.54, 1.807) is 14.2 Å². The number of nitrogens with one attached hydrogen (secondary N) is 1. The van der Waals surface area contributed by atoms with E-state index in [2.05, 4.69) is 53.7 Å². The molecular formula is C25H36N2O2. The van der Waals surface area contributed by atoms with E-state index in [4.69, 9.17) is 9.47 Å². The number of likely N-dealkylation sites (tertiary alicyclic amines) is 1. The molecule has 2 saturated heterocycles. The lowest BCUT2D eigenvalue weighted by Crippen LogP contribution is -2.29. The predicted octanol–water partition coefficient (Wildman–Crippen LogP) is 4.67. The topological polar surface area (TPSA) is 33.7 Å². The van der Waals surface area contributed by atoms with Crippen molar-refractivity contribution in [3.8, 4) is 11.5 Å². The first-order chi connectivity index (χ1) is 14.2. The number of piperidine rings is 2. The van der Waals surface area contributed by atoms with Crippen molar-refractivity contribution >= 4 is 0 Å². The standard InChI is InChI=1S/C13H19NO.C12H17NO/c1-14-9-7-11(8-10-14)12-5-3-4-6-13(12)15-2;1-14-12-5-3-2-4-11(12)10-6-8-13-9-7-10/h3-6,11H,7-10H2,1-2H3;2-5,10,13H,6-9H2,1H3. The van der Waals surface area contributed by atoms with Crippen LogP contribution in [0, 0.1) is 0 Å². The summed E-state index contributed by atoms with van der Waals surface area (Å²) in [6, 6.07) is 16.8. The van der Waals surface area contributed by atoms with Crippen molar-refractivity contribution in [3.63, 3.8) is 0 Å². The Balaban J connectivity index is 0.000000166. The van der Waals surface area contributed by atoms with Gasteiger partial charge in [0.05, 0.1) is 14.2 Å². The second-order valence-corrected chi connectivity index (χ2v) is 8.09. The molecule has 2 heterocycles. The fourth-order valence-electron chi connectivity index (χ4n) is 4.46. The van der Waals surface area contributed by atoms with Gasteiger partial charge in [-0.1, -0.05) is 36.4 Å². The minimum atomic E-state index is 0.674. The molecule has 0 unspecified atom stereocenters. The Bertz CT molecular complexity index is 735. The highest BCUT2D eigenvalue weighted by atomic mass is 16.5. The van der Waals surface area contributed by atoms with Crippen LogP contribution < -0.4 is 14.8 Å². The number of hydrogen-bond donors (Lipinski definition) is 1.